The van der Waals surface area contributed by atoms with Crippen molar-refractivity contribution in [1.82, 2.24) is 0 Å². The summed E-state index contributed by atoms with van der Waals surface area (Å²) < 4.78 is 0. The van der Waals surface area contributed by atoms with E-state index in [1.807, 2.05) is 6.92 Å². The lowest BCUT2D eigenvalue weighted by atomic mass is 10.2. The van der Waals surface area contributed by atoms with Crippen LogP contribution in [0.5, 0.6) is 0 Å². The van der Waals surface area contributed by atoms with Crippen LogP contribution in [-0.2, 0) is 0 Å². The summed E-state index contributed by atoms with van der Waals surface area (Å²) in [5.41, 5.74) is 10.8. The molecule has 2 nitrogen and oxygen atoms in total. The second-order valence-electron chi connectivity index (χ2n) is 2.25. The molecule has 0 amide bonds. The molecule has 0 saturated heterocycles. The van der Waals surface area contributed by atoms with Crippen LogP contribution < -0.4 is 11.5 Å². The van der Waals surface area contributed by atoms with Crippen molar-refractivity contribution in [1.29, 1.82) is 0 Å². The molecule has 0 bridgehead atoms. The molecule has 0 saturated carbocycles. The smallest absolute Gasteiger partial charge is 0.0562 e. The number of thiol groups is 1. The molecule has 0 aromatic rings. The molecule has 3 heteroatoms. The average molecular weight is 134 g/mol. The second kappa shape index (κ2) is 3.33. The maximum absolute atomic E-state index is 5.53. The second-order valence-corrected chi connectivity index (χ2v) is 3.27. The zero-order valence-corrected chi connectivity index (χ0v) is 6.12. The molecule has 8 heavy (non-hydrogen) atoms. The van der Waals surface area contributed by atoms with Gasteiger partial charge in [0.2, 0.25) is 0 Å². The maximum Gasteiger partial charge on any atom is 0.0562 e. The van der Waals surface area contributed by atoms with Gasteiger partial charge in [-0.15, -0.1) is 0 Å². The minimum Gasteiger partial charge on any atom is -0.330 e. The van der Waals surface area contributed by atoms with Crippen molar-refractivity contribution in [3.8, 4) is 0 Å². The fraction of sp³-hybridized carbons (Fsp3) is 1.00. The van der Waals surface area contributed by atoms with Crippen molar-refractivity contribution in [3.05, 3.63) is 0 Å². The van der Waals surface area contributed by atoms with Crippen molar-refractivity contribution >= 4 is 12.6 Å². The van der Waals surface area contributed by atoms with Gasteiger partial charge in [-0.3, -0.25) is 0 Å². The zero-order chi connectivity index (χ0) is 6.62. The summed E-state index contributed by atoms with van der Waals surface area (Å²) in [7, 11) is 0. The lowest BCUT2D eigenvalue weighted by molar-refractivity contribution is 0.588. The summed E-state index contributed by atoms with van der Waals surface area (Å²) in [5.74, 6) is 0. The van der Waals surface area contributed by atoms with Crippen molar-refractivity contribution in [2.45, 2.75) is 24.6 Å². The van der Waals surface area contributed by atoms with Gasteiger partial charge in [0.25, 0.3) is 0 Å². The van der Waals surface area contributed by atoms with Crippen LogP contribution in [0.1, 0.15) is 19.8 Å². The van der Waals surface area contributed by atoms with E-state index in [0.29, 0.717) is 6.54 Å². The van der Waals surface area contributed by atoms with Crippen molar-refractivity contribution < 1.29 is 0 Å². The standard InChI is InChI=1S/C5H14N2S/c1-5(7,8)3-2-4-6/h8H,2-4,6-7H2,1H3. The van der Waals surface area contributed by atoms with Gasteiger partial charge in [0, 0.05) is 0 Å². The average Bonchev–Trinajstić information content (AvgIpc) is 1.59. The van der Waals surface area contributed by atoms with E-state index >= 15 is 0 Å². The normalized spacial score (nSPS) is 18.0. The Morgan fingerprint density at radius 1 is 1.62 bits per heavy atom. The fourth-order valence-corrected chi connectivity index (χ4v) is 0.618. The van der Waals surface area contributed by atoms with Gasteiger partial charge in [-0.05, 0) is 26.3 Å². The SMILES string of the molecule is CC(N)(S)CCCN. The first-order valence-corrected chi connectivity index (χ1v) is 3.22. The topological polar surface area (TPSA) is 52.0 Å². The molecule has 0 aliphatic carbocycles. The Morgan fingerprint density at radius 3 is 2.25 bits per heavy atom. The Morgan fingerprint density at radius 2 is 2.12 bits per heavy atom. The van der Waals surface area contributed by atoms with Crippen LogP contribution in [0.2, 0.25) is 0 Å². The largest absolute Gasteiger partial charge is 0.330 e. The predicted octanol–water partition coefficient (Wildman–Crippen LogP) is 0.330. The number of hydrogen-bond donors (Lipinski definition) is 3. The Bertz CT molecular complexity index is 57.9. The highest BCUT2D eigenvalue weighted by Crippen LogP contribution is 2.10. The van der Waals surface area contributed by atoms with Crippen LogP contribution in [0.15, 0.2) is 0 Å². The molecular formula is C5H14N2S. The fourth-order valence-electron chi connectivity index (χ4n) is 0.460. The van der Waals surface area contributed by atoms with Crippen LogP contribution in [0.4, 0.5) is 0 Å². The molecule has 0 fully saturated rings. The molecule has 1 unspecified atom stereocenters. The van der Waals surface area contributed by atoms with E-state index in [4.69, 9.17) is 11.5 Å². The number of hydrogen-bond acceptors (Lipinski definition) is 3. The van der Waals surface area contributed by atoms with Gasteiger partial charge in [-0.2, -0.15) is 12.6 Å². The summed E-state index contributed by atoms with van der Waals surface area (Å²) in [5, 5.41) is 0. The first-order chi connectivity index (χ1) is 3.56. The highest BCUT2D eigenvalue weighted by Gasteiger charge is 2.08. The van der Waals surface area contributed by atoms with Gasteiger partial charge in [0.1, 0.15) is 0 Å². The highest BCUT2D eigenvalue weighted by molar-refractivity contribution is 7.81. The summed E-state index contributed by atoms with van der Waals surface area (Å²) in [4.78, 5) is -0.334. The lowest BCUT2D eigenvalue weighted by Gasteiger charge is -2.15. The highest BCUT2D eigenvalue weighted by atomic mass is 32.1. The van der Waals surface area contributed by atoms with Crippen LogP contribution in [0, 0.1) is 0 Å². The molecule has 0 radical (unpaired) electrons. The van der Waals surface area contributed by atoms with E-state index in [1.165, 1.54) is 0 Å². The first-order valence-electron chi connectivity index (χ1n) is 2.77. The van der Waals surface area contributed by atoms with E-state index in [0.717, 1.165) is 12.8 Å². The molecule has 0 aromatic carbocycles. The van der Waals surface area contributed by atoms with Gasteiger partial charge in [-0.1, -0.05) is 0 Å². The number of nitrogens with two attached hydrogens (primary N) is 2. The van der Waals surface area contributed by atoms with Gasteiger partial charge in [0.05, 0.1) is 4.87 Å². The maximum atomic E-state index is 5.53. The quantitative estimate of drug-likeness (QED) is 0.385. The van der Waals surface area contributed by atoms with Crippen molar-refractivity contribution in [2.75, 3.05) is 6.54 Å². The summed E-state index contributed by atoms with van der Waals surface area (Å²) in [6, 6.07) is 0. The van der Waals surface area contributed by atoms with Crippen LogP contribution in [0.25, 0.3) is 0 Å². The van der Waals surface area contributed by atoms with E-state index in [1.54, 1.807) is 0 Å². The molecular weight excluding hydrogens is 120 g/mol. The molecule has 0 spiro atoms. The van der Waals surface area contributed by atoms with Gasteiger partial charge >= 0.3 is 0 Å². The molecule has 0 rings (SSSR count). The van der Waals surface area contributed by atoms with Crippen LogP contribution in [0.3, 0.4) is 0 Å². The van der Waals surface area contributed by atoms with Crippen LogP contribution >= 0.6 is 12.6 Å². The van der Waals surface area contributed by atoms with Gasteiger partial charge in [-0.25, -0.2) is 0 Å². The van der Waals surface area contributed by atoms with Crippen molar-refractivity contribution in [2.24, 2.45) is 11.5 Å². The van der Waals surface area contributed by atoms with E-state index in [9.17, 15) is 0 Å². The molecule has 0 aliphatic rings. The Hall–Kier alpha value is 0.270. The summed E-state index contributed by atoms with van der Waals surface area (Å²) >= 11 is 4.11. The molecule has 1 atom stereocenters. The van der Waals surface area contributed by atoms with Gasteiger partial charge in [0.15, 0.2) is 0 Å². The van der Waals surface area contributed by atoms with Gasteiger partial charge < -0.3 is 11.5 Å². The van der Waals surface area contributed by atoms with E-state index in [2.05, 4.69) is 12.6 Å². The zero-order valence-electron chi connectivity index (χ0n) is 5.22. The molecule has 0 aliphatic heterocycles. The Kier molecular flexibility index (Phi) is 3.44. The lowest BCUT2D eigenvalue weighted by Crippen LogP contribution is -2.29. The third-order valence-corrected chi connectivity index (χ3v) is 1.11. The van der Waals surface area contributed by atoms with Crippen molar-refractivity contribution in [3.63, 3.8) is 0 Å². The first kappa shape index (κ1) is 8.27. The number of rotatable bonds is 3. The Balaban J connectivity index is 3.11. The monoisotopic (exact) mass is 134 g/mol. The third-order valence-electron chi connectivity index (χ3n) is 0.887. The summed E-state index contributed by atoms with van der Waals surface area (Å²) in [6.45, 7) is 2.58. The van der Waals surface area contributed by atoms with E-state index < -0.39 is 0 Å². The van der Waals surface area contributed by atoms with Crippen LogP contribution in [-0.4, -0.2) is 11.4 Å². The summed E-state index contributed by atoms with van der Waals surface area (Å²) in [6.07, 6.45) is 1.84. The molecule has 0 heterocycles. The third kappa shape index (κ3) is 6.27. The molecule has 0 aromatic heterocycles. The Labute approximate surface area is 56.0 Å². The molecule has 4 N–H and O–H groups in total. The molecule has 50 valence electrons. The van der Waals surface area contributed by atoms with E-state index in [-0.39, 0.29) is 4.87 Å². The minimum atomic E-state index is -0.334. The predicted molar refractivity (Wildman–Crippen MR) is 39.9 cm³/mol. The minimum absolute atomic E-state index is 0.334.